The number of benzene rings is 2. The molecule has 0 atom stereocenters. The highest BCUT2D eigenvalue weighted by atomic mass is 79.9. The summed E-state index contributed by atoms with van der Waals surface area (Å²) in [4.78, 5) is 26.6. The molecule has 3 N–H and O–H groups in total. The first-order valence-electron chi connectivity index (χ1n) is 8.61. The first-order chi connectivity index (χ1) is 14.4. The van der Waals surface area contributed by atoms with Crippen LogP contribution >= 0.6 is 31.9 Å². The van der Waals surface area contributed by atoms with E-state index in [0.29, 0.717) is 21.1 Å². The summed E-state index contributed by atoms with van der Waals surface area (Å²) in [6, 6.07) is 10.7. The minimum absolute atomic E-state index is 0.131. The van der Waals surface area contributed by atoms with E-state index in [1.165, 1.54) is 6.08 Å². The molecular formula is C20H16Br2N4O4. The molecule has 3 aromatic rings. The summed E-state index contributed by atoms with van der Waals surface area (Å²) in [5.41, 5.74) is 1.56. The van der Waals surface area contributed by atoms with Gasteiger partial charge in [0.2, 0.25) is 11.8 Å². The monoisotopic (exact) mass is 534 g/mol. The van der Waals surface area contributed by atoms with Gasteiger partial charge in [-0.2, -0.15) is 0 Å². The number of azo groups is 1. The standard InChI is InChI=1S/C20H16Br2N4O4/c1-30-13-5-2-11(3-6-13)4-7-16(27)23-10-17(28)25-26-19-14-8-12(21)9-15(22)18(14)24-20(19)29/h2-9,24,29H,10H2,1H3,(H,23,27)/b7-4+,26-25?. The van der Waals surface area contributed by atoms with Crippen LogP contribution in [-0.2, 0) is 9.59 Å². The molecule has 0 saturated heterocycles. The van der Waals surface area contributed by atoms with Crippen molar-refractivity contribution >= 4 is 66.3 Å². The molecule has 8 nitrogen and oxygen atoms in total. The Balaban J connectivity index is 1.60. The molecule has 154 valence electrons. The van der Waals surface area contributed by atoms with Crippen LogP contribution in [-0.4, -0.2) is 35.6 Å². The van der Waals surface area contributed by atoms with Gasteiger partial charge in [0.05, 0.1) is 12.6 Å². The Morgan fingerprint density at radius 1 is 1.23 bits per heavy atom. The Labute approximate surface area is 188 Å². The Morgan fingerprint density at radius 2 is 1.97 bits per heavy atom. The van der Waals surface area contributed by atoms with E-state index < -0.39 is 11.8 Å². The number of ether oxygens (including phenoxy) is 1. The molecule has 30 heavy (non-hydrogen) atoms. The van der Waals surface area contributed by atoms with Crippen molar-refractivity contribution in [3.05, 3.63) is 57.0 Å². The maximum atomic E-state index is 11.9. The van der Waals surface area contributed by atoms with E-state index >= 15 is 0 Å². The van der Waals surface area contributed by atoms with Crippen LogP contribution in [0.25, 0.3) is 17.0 Å². The van der Waals surface area contributed by atoms with E-state index in [0.717, 1.165) is 10.0 Å². The summed E-state index contributed by atoms with van der Waals surface area (Å²) < 4.78 is 6.55. The Bertz CT molecular complexity index is 1150. The van der Waals surface area contributed by atoms with Crippen LogP contribution in [0.2, 0.25) is 0 Å². The lowest BCUT2D eigenvalue weighted by Gasteiger charge is -2.00. The number of hydrogen-bond donors (Lipinski definition) is 3. The van der Waals surface area contributed by atoms with Gasteiger partial charge in [-0.3, -0.25) is 9.59 Å². The van der Waals surface area contributed by atoms with Crippen LogP contribution in [0, 0.1) is 0 Å². The number of rotatable bonds is 6. The number of carbonyl (C=O) groups is 2. The quantitative estimate of drug-likeness (QED) is 0.309. The van der Waals surface area contributed by atoms with Crippen LogP contribution in [0.3, 0.4) is 0 Å². The SMILES string of the molecule is COc1ccc(/C=C/C(=O)NCC(=O)N=Nc2c(O)[nH]c3c(Br)cc(Br)cc23)cc1. The minimum atomic E-state index is -0.663. The molecule has 2 aromatic carbocycles. The van der Waals surface area contributed by atoms with E-state index in [1.807, 2.05) is 0 Å². The maximum absolute atomic E-state index is 11.9. The van der Waals surface area contributed by atoms with Gasteiger partial charge in [-0.15, -0.1) is 10.2 Å². The van der Waals surface area contributed by atoms with Gasteiger partial charge in [0, 0.05) is 20.4 Å². The van der Waals surface area contributed by atoms with Crippen molar-refractivity contribution in [3.63, 3.8) is 0 Å². The minimum Gasteiger partial charge on any atom is -0.497 e. The molecule has 1 heterocycles. The predicted octanol–water partition coefficient (Wildman–Crippen LogP) is 4.85. The molecular weight excluding hydrogens is 520 g/mol. The number of carbonyl (C=O) groups excluding carboxylic acids is 2. The lowest BCUT2D eigenvalue weighted by Crippen LogP contribution is -2.26. The average molecular weight is 536 g/mol. The summed E-state index contributed by atoms with van der Waals surface area (Å²) in [7, 11) is 1.57. The number of aromatic hydroxyl groups is 1. The normalized spacial score (nSPS) is 11.4. The molecule has 0 aliphatic rings. The molecule has 10 heteroatoms. The van der Waals surface area contributed by atoms with E-state index in [-0.39, 0.29) is 18.1 Å². The molecule has 0 bridgehead atoms. The molecule has 0 aliphatic heterocycles. The highest BCUT2D eigenvalue weighted by Crippen LogP contribution is 2.40. The topological polar surface area (TPSA) is 116 Å². The number of nitrogens with one attached hydrogen (secondary N) is 2. The second kappa shape index (κ2) is 9.68. The van der Waals surface area contributed by atoms with Crippen LogP contribution < -0.4 is 10.1 Å². The molecule has 0 radical (unpaired) electrons. The lowest BCUT2D eigenvalue weighted by molar-refractivity contribution is -0.122. The summed E-state index contributed by atoms with van der Waals surface area (Å²) in [5, 5.41) is 20.5. The fourth-order valence-electron chi connectivity index (χ4n) is 2.54. The van der Waals surface area contributed by atoms with Crippen LogP contribution in [0.4, 0.5) is 5.69 Å². The van der Waals surface area contributed by atoms with Crippen LogP contribution in [0.5, 0.6) is 11.6 Å². The zero-order chi connectivity index (χ0) is 21.7. The molecule has 3 rings (SSSR count). The van der Waals surface area contributed by atoms with Crippen molar-refractivity contribution in [1.29, 1.82) is 0 Å². The Kier molecular flexibility index (Phi) is 7.01. The first-order valence-corrected chi connectivity index (χ1v) is 10.2. The van der Waals surface area contributed by atoms with Crippen molar-refractivity contribution in [1.82, 2.24) is 10.3 Å². The smallest absolute Gasteiger partial charge is 0.283 e. The zero-order valence-corrected chi connectivity index (χ0v) is 18.8. The van der Waals surface area contributed by atoms with Crippen LogP contribution in [0.15, 0.2) is 61.6 Å². The maximum Gasteiger partial charge on any atom is 0.283 e. The van der Waals surface area contributed by atoms with Gasteiger partial charge >= 0.3 is 0 Å². The van der Waals surface area contributed by atoms with Gasteiger partial charge in [0.25, 0.3) is 5.91 Å². The van der Waals surface area contributed by atoms with E-state index in [9.17, 15) is 14.7 Å². The van der Waals surface area contributed by atoms with Gasteiger partial charge in [0.1, 0.15) is 12.3 Å². The summed E-state index contributed by atoms with van der Waals surface area (Å²) >= 11 is 6.74. The number of aromatic nitrogens is 1. The number of methoxy groups -OCH3 is 1. The molecule has 0 aliphatic carbocycles. The summed E-state index contributed by atoms with van der Waals surface area (Å²) in [6.45, 7) is -0.328. The van der Waals surface area contributed by atoms with Crippen LogP contribution in [0.1, 0.15) is 5.56 Å². The number of H-pyrrole nitrogens is 1. The molecule has 0 unspecified atom stereocenters. The Hall–Kier alpha value is -2.98. The molecule has 2 amide bonds. The van der Waals surface area contributed by atoms with Gasteiger partial charge in [-0.25, -0.2) is 0 Å². The predicted molar refractivity (Wildman–Crippen MR) is 120 cm³/mol. The average Bonchev–Trinajstić information content (AvgIpc) is 3.05. The molecule has 0 spiro atoms. The second-order valence-electron chi connectivity index (χ2n) is 6.05. The highest BCUT2D eigenvalue weighted by Gasteiger charge is 2.14. The fourth-order valence-corrected chi connectivity index (χ4v) is 3.87. The van der Waals surface area contributed by atoms with Gasteiger partial charge < -0.3 is 20.1 Å². The number of aromatic amines is 1. The molecule has 0 fully saturated rings. The largest absolute Gasteiger partial charge is 0.497 e. The number of hydrogen-bond acceptors (Lipinski definition) is 5. The van der Waals surface area contributed by atoms with Crippen molar-refractivity contribution in [2.75, 3.05) is 13.7 Å². The number of amides is 2. The van der Waals surface area contributed by atoms with E-state index in [1.54, 1.807) is 49.6 Å². The van der Waals surface area contributed by atoms with Crippen molar-refractivity contribution < 1.29 is 19.4 Å². The number of halogens is 2. The van der Waals surface area contributed by atoms with Gasteiger partial charge in [0.15, 0.2) is 5.69 Å². The molecule has 0 saturated carbocycles. The van der Waals surface area contributed by atoms with Crippen molar-refractivity contribution in [2.24, 2.45) is 10.2 Å². The third kappa shape index (κ3) is 5.33. The third-order valence-electron chi connectivity index (χ3n) is 4.00. The Morgan fingerprint density at radius 3 is 2.67 bits per heavy atom. The first kappa shape index (κ1) is 21.7. The van der Waals surface area contributed by atoms with E-state index in [4.69, 9.17) is 4.74 Å². The zero-order valence-electron chi connectivity index (χ0n) is 15.6. The third-order valence-corrected chi connectivity index (χ3v) is 5.08. The van der Waals surface area contributed by atoms with Gasteiger partial charge in [-0.05, 0) is 51.8 Å². The number of fused-ring (bicyclic) bond motifs is 1. The number of nitrogens with zero attached hydrogens (tertiary/aromatic N) is 2. The van der Waals surface area contributed by atoms with Gasteiger partial charge in [-0.1, -0.05) is 28.1 Å². The molecule has 1 aromatic heterocycles. The fraction of sp³-hybridized carbons (Fsp3) is 0.100. The van der Waals surface area contributed by atoms with Crippen molar-refractivity contribution in [3.8, 4) is 11.6 Å². The van der Waals surface area contributed by atoms with Crippen molar-refractivity contribution in [2.45, 2.75) is 0 Å². The lowest BCUT2D eigenvalue weighted by atomic mass is 10.2. The summed E-state index contributed by atoms with van der Waals surface area (Å²) in [5.74, 6) is -0.610. The highest BCUT2D eigenvalue weighted by molar-refractivity contribution is 9.11. The summed E-state index contributed by atoms with van der Waals surface area (Å²) in [6.07, 6.45) is 2.92. The second-order valence-corrected chi connectivity index (χ2v) is 7.82. The van der Waals surface area contributed by atoms with E-state index in [2.05, 4.69) is 52.4 Å².